The number of benzene rings is 2. The van der Waals surface area contributed by atoms with Gasteiger partial charge >= 0.3 is 0 Å². The van der Waals surface area contributed by atoms with Crippen molar-refractivity contribution in [3.8, 4) is 11.5 Å². The van der Waals surface area contributed by atoms with Crippen molar-refractivity contribution in [1.29, 1.82) is 0 Å². The molecule has 2 aliphatic rings. The molecule has 1 aliphatic carbocycles. The molecule has 32 heavy (non-hydrogen) atoms. The summed E-state index contributed by atoms with van der Waals surface area (Å²) >= 11 is 5.12. The number of rotatable bonds is 6. The molecule has 2 fully saturated rings. The number of thioether (sulfide) groups is 1. The average Bonchev–Trinajstić information content (AvgIpc) is 3.09. The fourth-order valence-corrected chi connectivity index (χ4v) is 6.23. The van der Waals surface area contributed by atoms with Gasteiger partial charge in [0.2, 0.25) is 0 Å². The summed E-state index contributed by atoms with van der Waals surface area (Å²) in [6, 6.07) is 14.1. The molecule has 170 valence electrons. The van der Waals surface area contributed by atoms with Gasteiger partial charge in [-0.05, 0) is 59.0 Å². The van der Waals surface area contributed by atoms with Gasteiger partial charge in [0, 0.05) is 23.4 Å². The molecule has 2 aromatic rings. The Labute approximate surface area is 202 Å². The Balaban J connectivity index is 1.69. The Bertz CT molecular complexity index is 998. The first-order valence-corrected chi connectivity index (χ1v) is 12.6. The van der Waals surface area contributed by atoms with Crippen LogP contribution in [0.15, 0.2) is 51.8 Å². The van der Waals surface area contributed by atoms with Crippen molar-refractivity contribution in [2.75, 3.05) is 19.5 Å². The summed E-state index contributed by atoms with van der Waals surface area (Å²) in [5.74, 6) is 1.92. The van der Waals surface area contributed by atoms with Gasteiger partial charge in [0.25, 0.3) is 5.91 Å². The predicted molar refractivity (Wildman–Crippen MR) is 135 cm³/mol. The number of nitrogens with one attached hydrogen (secondary N) is 1. The Morgan fingerprint density at radius 2 is 1.81 bits per heavy atom. The van der Waals surface area contributed by atoms with Crippen LogP contribution in [0.3, 0.4) is 0 Å². The monoisotopic (exact) mass is 516 g/mol. The van der Waals surface area contributed by atoms with Crippen LogP contribution in [0.25, 0.3) is 6.08 Å². The van der Waals surface area contributed by atoms with Gasteiger partial charge in [-0.1, -0.05) is 49.7 Å². The minimum atomic E-state index is -0.144. The van der Waals surface area contributed by atoms with E-state index in [1.165, 1.54) is 12.8 Å². The number of halogens is 1. The van der Waals surface area contributed by atoms with Gasteiger partial charge < -0.3 is 19.7 Å². The zero-order valence-electron chi connectivity index (χ0n) is 18.6. The molecule has 1 saturated heterocycles. The van der Waals surface area contributed by atoms with Crippen LogP contribution in [0.5, 0.6) is 11.5 Å². The highest BCUT2D eigenvalue weighted by Gasteiger charge is 2.43. The summed E-state index contributed by atoms with van der Waals surface area (Å²) in [5.41, 5.74) is 1.71. The second kappa shape index (κ2) is 10.2. The summed E-state index contributed by atoms with van der Waals surface area (Å²) in [6.45, 7) is 2.27. The third-order valence-electron chi connectivity index (χ3n) is 6.21. The van der Waals surface area contributed by atoms with Crippen LogP contribution in [0.2, 0.25) is 0 Å². The van der Waals surface area contributed by atoms with Crippen molar-refractivity contribution in [3.63, 3.8) is 0 Å². The SMILES string of the molecule is COc1cc(OC)c(/C=C2\SC(Nc3ccccc3)N([C@H]3CCCC[C@@H]3C)C2=O)cc1Br. The molecule has 0 bridgehead atoms. The van der Waals surface area contributed by atoms with Crippen LogP contribution in [-0.4, -0.2) is 36.6 Å². The normalized spacial score (nSPS) is 24.6. The smallest absolute Gasteiger partial charge is 0.262 e. The fraction of sp³-hybridized carbons (Fsp3) is 0.400. The van der Waals surface area contributed by atoms with Crippen LogP contribution in [0, 0.1) is 5.92 Å². The van der Waals surface area contributed by atoms with Crippen LogP contribution in [-0.2, 0) is 4.79 Å². The largest absolute Gasteiger partial charge is 0.496 e. The summed E-state index contributed by atoms with van der Waals surface area (Å²) in [5, 5.41) is 3.58. The molecule has 1 aliphatic heterocycles. The number of methoxy groups -OCH3 is 2. The molecular weight excluding hydrogens is 488 g/mol. The van der Waals surface area contributed by atoms with E-state index in [1.807, 2.05) is 48.5 Å². The van der Waals surface area contributed by atoms with E-state index in [1.54, 1.807) is 26.0 Å². The summed E-state index contributed by atoms with van der Waals surface area (Å²) in [7, 11) is 3.25. The number of amides is 1. The molecule has 7 heteroatoms. The number of carbonyl (C=O) groups excluding carboxylic acids is 1. The molecule has 0 aromatic heterocycles. The number of ether oxygens (including phenoxy) is 2. The predicted octanol–water partition coefficient (Wildman–Crippen LogP) is 6.36. The molecule has 2 aromatic carbocycles. The first-order valence-electron chi connectivity index (χ1n) is 11.0. The van der Waals surface area contributed by atoms with E-state index in [0.29, 0.717) is 22.3 Å². The Kier molecular flexibility index (Phi) is 7.36. The molecule has 0 radical (unpaired) electrons. The number of nitrogens with zero attached hydrogens (tertiary/aromatic N) is 1. The lowest BCUT2D eigenvalue weighted by Crippen LogP contribution is -2.48. The van der Waals surface area contributed by atoms with Crippen molar-refractivity contribution < 1.29 is 14.3 Å². The zero-order chi connectivity index (χ0) is 22.7. The Morgan fingerprint density at radius 3 is 2.50 bits per heavy atom. The van der Waals surface area contributed by atoms with E-state index in [4.69, 9.17) is 9.47 Å². The maximum absolute atomic E-state index is 13.7. The minimum Gasteiger partial charge on any atom is -0.496 e. The number of carbonyl (C=O) groups is 1. The first-order chi connectivity index (χ1) is 15.5. The highest BCUT2D eigenvalue weighted by molar-refractivity contribution is 9.10. The van der Waals surface area contributed by atoms with Gasteiger partial charge in [-0.25, -0.2) is 0 Å². The molecule has 1 heterocycles. The van der Waals surface area contributed by atoms with Gasteiger partial charge in [-0.15, -0.1) is 0 Å². The van der Waals surface area contributed by atoms with Crippen molar-refractivity contribution >= 4 is 45.4 Å². The molecular formula is C25H29BrN2O3S. The van der Waals surface area contributed by atoms with Gasteiger partial charge in [-0.3, -0.25) is 4.79 Å². The molecule has 4 rings (SSSR count). The number of hydrogen-bond acceptors (Lipinski definition) is 5. The molecule has 1 N–H and O–H groups in total. The van der Waals surface area contributed by atoms with Crippen LogP contribution in [0.1, 0.15) is 38.2 Å². The topological polar surface area (TPSA) is 50.8 Å². The second-order valence-corrected chi connectivity index (χ2v) is 10.2. The third-order valence-corrected chi connectivity index (χ3v) is 7.95. The minimum absolute atomic E-state index is 0.0798. The lowest BCUT2D eigenvalue weighted by atomic mass is 9.85. The molecule has 0 spiro atoms. The summed E-state index contributed by atoms with van der Waals surface area (Å²) in [4.78, 5) is 16.5. The number of anilines is 1. The maximum atomic E-state index is 13.7. The van der Waals surface area contributed by atoms with E-state index in [-0.39, 0.29) is 17.4 Å². The van der Waals surface area contributed by atoms with Crippen molar-refractivity contribution in [3.05, 3.63) is 57.4 Å². The lowest BCUT2D eigenvalue weighted by Gasteiger charge is -2.39. The summed E-state index contributed by atoms with van der Waals surface area (Å²) in [6.07, 6.45) is 6.55. The quantitative estimate of drug-likeness (QED) is 0.452. The summed E-state index contributed by atoms with van der Waals surface area (Å²) < 4.78 is 11.8. The fourth-order valence-electron chi connectivity index (χ4n) is 4.50. The van der Waals surface area contributed by atoms with Gasteiger partial charge in [0.05, 0.1) is 23.6 Å². The standard InChI is InChI=1S/C25H29BrN2O3S/c1-16-9-7-8-12-20(16)28-24(29)23(32-25(28)27-18-10-5-4-6-11-18)14-17-13-19(26)22(31-3)15-21(17)30-2/h4-6,10-11,13-16,20,25,27H,7-9,12H2,1-3H3/b23-14-/t16-,20-,25?/m0/s1. The van der Waals surface area contributed by atoms with Gasteiger partial charge in [0.15, 0.2) is 5.50 Å². The number of hydrogen-bond donors (Lipinski definition) is 1. The van der Waals surface area contributed by atoms with Crippen LogP contribution >= 0.6 is 27.7 Å². The Hall–Kier alpha value is -2.12. The molecule has 1 unspecified atom stereocenters. The number of para-hydroxylation sites is 1. The van der Waals surface area contributed by atoms with E-state index in [9.17, 15) is 4.79 Å². The molecule has 1 saturated carbocycles. The lowest BCUT2D eigenvalue weighted by molar-refractivity contribution is -0.129. The van der Waals surface area contributed by atoms with Crippen LogP contribution < -0.4 is 14.8 Å². The van der Waals surface area contributed by atoms with Crippen LogP contribution in [0.4, 0.5) is 5.69 Å². The molecule has 3 atom stereocenters. The van der Waals surface area contributed by atoms with E-state index in [0.717, 1.165) is 28.6 Å². The van der Waals surface area contributed by atoms with E-state index in [2.05, 4.69) is 33.1 Å². The third kappa shape index (κ3) is 4.79. The second-order valence-electron chi connectivity index (χ2n) is 8.26. The van der Waals surface area contributed by atoms with E-state index < -0.39 is 0 Å². The zero-order valence-corrected chi connectivity index (χ0v) is 21.0. The van der Waals surface area contributed by atoms with Gasteiger partial charge in [0.1, 0.15) is 11.5 Å². The first kappa shape index (κ1) is 23.1. The van der Waals surface area contributed by atoms with Crippen molar-refractivity contribution in [1.82, 2.24) is 4.90 Å². The van der Waals surface area contributed by atoms with E-state index >= 15 is 0 Å². The molecule has 5 nitrogen and oxygen atoms in total. The van der Waals surface area contributed by atoms with Crippen molar-refractivity contribution in [2.45, 2.75) is 44.1 Å². The Morgan fingerprint density at radius 1 is 1.09 bits per heavy atom. The average molecular weight is 517 g/mol. The highest BCUT2D eigenvalue weighted by atomic mass is 79.9. The highest BCUT2D eigenvalue weighted by Crippen LogP contribution is 2.43. The van der Waals surface area contributed by atoms with Crippen molar-refractivity contribution in [2.24, 2.45) is 5.92 Å². The van der Waals surface area contributed by atoms with Gasteiger partial charge in [-0.2, -0.15) is 0 Å². The molecule has 1 amide bonds. The maximum Gasteiger partial charge on any atom is 0.262 e.